The predicted molar refractivity (Wildman–Crippen MR) is 79.3 cm³/mol. The van der Waals surface area contributed by atoms with Crippen molar-refractivity contribution in [1.29, 1.82) is 0 Å². The minimum atomic E-state index is -0.409. The van der Waals surface area contributed by atoms with E-state index < -0.39 is 6.10 Å². The molecule has 2 atom stereocenters. The smallest absolute Gasteiger partial charge is 0.251 e. The van der Waals surface area contributed by atoms with Crippen LogP contribution in [0.25, 0.3) is 0 Å². The molecule has 0 bridgehead atoms. The van der Waals surface area contributed by atoms with Crippen molar-refractivity contribution in [3.05, 3.63) is 45.5 Å². The molecule has 118 valence electrons. The lowest BCUT2D eigenvalue weighted by Crippen LogP contribution is -2.23. The normalized spacial score (nSPS) is 22.3. The third-order valence-corrected chi connectivity index (χ3v) is 3.92. The molecule has 2 N–H and O–H groups in total. The van der Waals surface area contributed by atoms with Crippen molar-refractivity contribution in [2.75, 3.05) is 13.1 Å². The summed E-state index contributed by atoms with van der Waals surface area (Å²) in [5.41, 5.74) is 1.43. The standard InChI is InChI=1S/C15H20N4O3/c1-9-3-13(22-18-9)4-11-6-19(8-14(11)20)7-12-5-15(21)17-10(2)16-12/h3,5,11,14,20H,4,6-8H2,1-2H3,(H,16,17,21)/t11-,14-/m1/s1. The van der Waals surface area contributed by atoms with E-state index >= 15 is 0 Å². The van der Waals surface area contributed by atoms with Crippen LogP contribution < -0.4 is 5.56 Å². The predicted octanol–water partition coefficient (Wildman–Crippen LogP) is 0.410. The number of rotatable bonds is 4. The fraction of sp³-hybridized carbons (Fsp3) is 0.533. The average Bonchev–Trinajstić information content (AvgIpc) is 2.95. The van der Waals surface area contributed by atoms with Crippen LogP contribution in [-0.4, -0.2) is 44.3 Å². The molecular weight excluding hydrogens is 284 g/mol. The van der Waals surface area contributed by atoms with E-state index in [2.05, 4.69) is 20.0 Å². The number of aryl methyl sites for hydroxylation is 2. The molecule has 0 aromatic carbocycles. The van der Waals surface area contributed by atoms with Gasteiger partial charge in [-0.2, -0.15) is 0 Å². The molecule has 22 heavy (non-hydrogen) atoms. The summed E-state index contributed by atoms with van der Waals surface area (Å²) >= 11 is 0. The Bertz CT molecular complexity index is 709. The Morgan fingerprint density at radius 2 is 2.23 bits per heavy atom. The molecule has 1 aliphatic heterocycles. The zero-order valence-corrected chi connectivity index (χ0v) is 12.7. The van der Waals surface area contributed by atoms with Crippen molar-refractivity contribution in [3.63, 3.8) is 0 Å². The highest BCUT2D eigenvalue weighted by molar-refractivity contribution is 5.07. The average molecular weight is 304 g/mol. The molecule has 0 saturated carbocycles. The second-order valence-electron chi connectivity index (χ2n) is 5.98. The molecule has 3 heterocycles. The van der Waals surface area contributed by atoms with Gasteiger partial charge in [-0.05, 0) is 13.8 Å². The van der Waals surface area contributed by atoms with E-state index in [0.29, 0.717) is 25.3 Å². The first-order chi connectivity index (χ1) is 10.5. The number of aliphatic hydroxyl groups excluding tert-OH is 1. The molecule has 2 aromatic heterocycles. The van der Waals surface area contributed by atoms with Gasteiger partial charge in [-0.3, -0.25) is 9.69 Å². The number of aromatic amines is 1. The molecule has 0 aliphatic carbocycles. The van der Waals surface area contributed by atoms with E-state index in [0.717, 1.165) is 23.7 Å². The summed E-state index contributed by atoms with van der Waals surface area (Å²) in [4.78, 5) is 20.5. The van der Waals surface area contributed by atoms with Crippen LogP contribution in [0.5, 0.6) is 0 Å². The van der Waals surface area contributed by atoms with E-state index in [1.54, 1.807) is 6.92 Å². The zero-order valence-electron chi connectivity index (χ0n) is 12.7. The Kier molecular flexibility index (Phi) is 4.08. The fourth-order valence-corrected chi connectivity index (χ4v) is 2.99. The van der Waals surface area contributed by atoms with Gasteiger partial charge in [0.05, 0.1) is 17.5 Å². The summed E-state index contributed by atoms with van der Waals surface area (Å²) < 4.78 is 5.22. The van der Waals surface area contributed by atoms with Gasteiger partial charge in [0.1, 0.15) is 11.6 Å². The number of aliphatic hydroxyl groups is 1. The van der Waals surface area contributed by atoms with Crippen LogP contribution >= 0.6 is 0 Å². The monoisotopic (exact) mass is 304 g/mol. The van der Waals surface area contributed by atoms with Crippen molar-refractivity contribution >= 4 is 0 Å². The van der Waals surface area contributed by atoms with Crippen molar-refractivity contribution < 1.29 is 9.63 Å². The number of likely N-dealkylation sites (tertiary alicyclic amines) is 1. The minimum Gasteiger partial charge on any atom is -0.391 e. The summed E-state index contributed by atoms with van der Waals surface area (Å²) in [5, 5.41) is 14.1. The lowest BCUT2D eigenvalue weighted by atomic mass is 10.0. The maximum absolute atomic E-state index is 11.5. The highest BCUT2D eigenvalue weighted by Gasteiger charge is 2.32. The van der Waals surface area contributed by atoms with Crippen molar-refractivity contribution in [1.82, 2.24) is 20.0 Å². The molecule has 7 heteroatoms. The molecule has 1 fully saturated rings. The van der Waals surface area contributed by atoms with Crippen LogP contribution in [0.2, 0.25) is 0 Å². The quantitative estimate of drug-likeness (QED) is 0.849. The molecule has 7 nitrogen and oxygen atoms in total. The number of β-amino-alcohol motifs (C(OH)–C–C–N with tert-alkyl or cyclic N) is 1. The Morgan fingerprint density at radius 3 is 2.91 bits per heavy atom. The van der Waals surface area contributed by atoms with Crippen LogP contribution in [0, 0.1) is 19.8 Å². The maximum Gasteiger partial charge on any atom is 0.251 e. The highest BCUT2D eigenvalue weighted by atomic mass is 16.5. The second kappa shape index (κ2) is 6.02. The summed E-state index contributed by atoms with van der Waals surface area (Å²) in [6.45, 7) is 5.53. The first-order valence-electron chi connectivity index (χ1n) is 7.39. The van der Waals surface area contributed by atoms with E-state index in [1.807, 2.05) is 13.0 Å². The van der Waals surface area contributed by atoms with Gasteiger partial charge in [-0.25, -0.2) is 4.98 Å². The Hall–Kier alpha value is -1.99. The maximum atomic E-state index is 11.5. The number of H-pyrrole nitrogens is 1. The lowest BCUT2D eigenvalue weighted by molar-refractivity contribution is 0.137. The van der Waals surface area contributed by atoms with Crippen LogP contribution in [0.4, 0.5) is 0 Å². The second-order valence-corrected chi connectivity index (χ2v) is 5.98. The molecule has 0 radical (unpaired) electrons. The van der Waals surface area contributed by atoms with Gasteiger partial charge in [-0.1, -0.05) is 5.16 Å². The third-order valence-electron chi connectivity index (χ3n) is 3.92. The van der Waals surface area contributed by atoms with Gasteiger partial charge < -0.3 is 14.6 Å². The molecular formula is C15H20N4O3. The van der Waals surface area contributed by atoms with Crippen LogP contribution in [0.1, 0.15) is 23.0 Å². The molecule has 0 unspecified atom stereocenters. The van der Waals surface area contributed by atoms with Crippen molar-refractivity contribution in [2.45, 2.75) is 32.9 Å². The number of nitrogens with one attached hydrogen (secondary N) is 1. The number of hydrogen-bond acceptors (Lipinski definition) is 6. The first-order valence-corrected chi connectivity index (χ1v) is 7.39. The third kappa shape index (κ3) is 3.42. The van der Waals surface area contributed by atoms with Crippen LogP contribution in [0.15, 0.2) is 21.5 Å². The SMILES string of the molecule is Cc1cc(C[C@@H]2CN(Cc3cc(=O)[nH]c(C)n3)C[C@H]2O)on1. The number of nitrogens with zero attached hydrogens (tertiary/aromatic N) is 3. The van der Waals surface area contributed by atoms with E-state index in [9.17, 15) is 9.90 Å². The van der Waals surface area contributed by atoms with Crippen LogP contribution in [0.3, 0.4) is 0 Å². The van der Waals surface area contributed by atoms with Crippen molar-refractivity contribution in [3.8, 4) is 0 Å². The van der Waals surface area contributed by atoms with Crippen molar-refractivity contribution in [2.24, 2.45) is 5.92 Å². The molecule has 1 saturated heterocycles. The Morgan fingerprint density at radius 1 is 1.41 bits per heavy atom. The van der Waals surface area contributed by atoms with E-state index in [4.69, 9.17) is 4.52 Å². The summed E-state index contributed by atoms with van der Waals surface area (Å²) in [7, 11) is 0. The zero-order chi connectivity index (χ0) is 15.7. The van der Waals surface area contributed by atoms with Gasteiger partial charge in [0, 0.05) is 44.1 Å². The molecule has 3 rings (SSSR count). The number of aromatic nitrogens is 3. The lowest BCUT2D eigenvalue weighted by Gasteiger charge is -2.14. The van der Waals surface area contributed by atoms with Crippen LogP contribution in [-0.2, 0) is 13.0 Å². The van der Waals surface area contributed by atoms with Gasteiger partial charge in [0.25, 0.3) is 5.56 Å². The summed E-state index contributed by atoms with van der Waals surface area (Å²) in [6, 6.07) is 3.41. The molecule has 0 amide bonds. The highest BCUT2D eigenvalue weighted by Crippen LogP contribution is 2.23. The van der Waals surface area contributed by atoms with Gasteiger partial charge in [0.2, 0.25) is 0 Å². The topological polar surface area (TPSA) is 95.2 Å². The molecule has 1 aliphatic rings. The van der Waals surface area contributed by atoms with Gasteiger partial charge >= 0.3 is 0 Å². The van der Waals surface area contributed by atoms with Gasteiger partial charge in [-0.15, -0.1) is 0 Å². The Labute approximate surface area is 128 Å². The number of hydrogen-bond donors (Lipinski definition) is 2. The minimum absolute atomic E-state index is 0.107. The summed E-state index contributed by atoms with van der Waals surface area (Å²) in [6.07, 6.45) is 0.258. The molecule has 2 aromatic rings. The summed E-state index contributed by atoms with van der Waals surface area (Å²) in [5.74, 6) is 1.51. The van der Waals surface area contributed by atoms with E-state index in [-0.39, 0.29) is 11.5 Å². The van der Waals surface area contributed by atoms with Gasteiger partial charge in [0.15, 0.2) is 0 Å². The molecule has 0 spiro atoms. The fourth-order valence-electron chi connectivity index (χ4n) is 2.99. The van der Waals surface area contributed by atoms with E-state index in [1.165, 1.54) is 6.07 Å². The largest absolute Gasteiger partial charge is 0.391 e. The Balaban J connectivity index is 1.64. The first kappa shape index (κ1) is 14.9.